The minimum atomic E-state index is 0.303. The number of aromatic nitrogens is 1. The zero-order valence-corrected chi connectivity index (χ0v) is 14.6. The lowest BCUT2D eigenvalue weighted by Crippen LogP contribution is -2.12. The van der Waals surface area contributed by atoms with Gasteiger partial charge in [0.05, 0.1) is 12.0 Å². The molecular formula is C19H18N2O3S. The minimum Gasteiger partial charge on any atom is -0.496 e. The average Bonchev–Trinajstić information content (AvgIpc) is 3.30. The highest BCUT2D eigenvalue weighted by atomic mass is 32.1. The van der Waals surface area contributed by atoms with E-state index in [4.69, 9.17) is 14.2 Å². The van der Waals surface area contributed by atoms with Crippen LogP contribution in [0, 0.1) is 0 Å². The van der Waals surface area contributed by atoms with Gasteiger partial charge in [-0.25, -0.2) is 4.98 Å². The first-order valence-corrected chi connectivity index (χ1v) is 8.82. The fourth-order valence-corrected chi connectivity index (χ4v) is 3.65. The summed E-state index contributed by atoms with van der Waals surface area (Å²) in [7, 11) is 1.69. The molecule has 0 amide bonds. The molecule has 0 saturated heterocycles. The smallest absolute Gasteiger partial charge is 0.231 e. The number of para-hydroxylation sites is 1. The molecule has 0 unspecified atom stereocenters. The second-order valence-electron chi connectivity index (χ2n) is 5.61. The quantitative estimate of drug-likeness (QED) is 0.729. The van der Waals surface area contributed by atoms with Gasteiger partial charge in [0.15, 0.2) is 11.5 Å². The van der Waals surface area contributed by atoms with Gasteiger partial charge in [0.1, 0.15) is 10.8 Å². The molecule has 0 radical (unpaired) electrons. The Morgan fingerprint density at radius 1 is 1.12 bits per heavy atom. The Balaban J connectivity index is 1.38. The monoisotopic (exact) mass is 354 g/mol. The second-order valence-corrected chi connectivity index (χ2v) is 6.72. The van der Waals surface area contributed by atoms with Gasteiger partial charge in [-0.1, -0.05) is 18.2 Å². The number of fused-ring (bicyclic) bond motifs is 1. The Kier molecular flexibility index (Phi) is 4.54. The molecule has 2 heterocycles. The first kappa shape index (κ1) is 15.9. The Hall–Kier alpha value is -2.57. The zero-order valence-electron chi connectivity index (χ0n) is 13.8. The van der Waals surface area contributed by atoms with Crippen LogP contribution >= 0.6 is 11.3 Å². The van der Waals surface area contributed by atoms with E-state index in [0.29, 0.717) is 13.3 Å². The summed E-state index contributed by atoms with van der Waals surface area (Å²) in [6.45, 7) is 1.77. The second kappa shape index (κ2) is 7.13. The van der Waals surface area contributed by atoms with Gasteiger partial charge < -0.3 is 19.5 Å². The zero-order chi connectivity index (χ0) is 17.1. The molecule has 1 N–H and O–H groups in total. The lowest BCUT2D eigenvalue weighted by molar-refractivity contribution is 0.174. The average molecular weight is 354 g/mol. The lowest BCUT2D eigenvalue weighted by atomic mass is 10.2. The molecule has 25 heavy (non-hydrogen) atoms. The summed E-state index contributed by atoms with van der Waals surface area (Å²) in [6.07, 6.45) is 1.90. The summed E-state index contributed by atoms with van der Waals surface area (Å²) in [6, 6.07) is 14.0. The summed E-state index contributed by atoms with van der Waals surface area (Å²) in [5, 5.41) is 4.47. The van der Waals surface area contributed by atoms with Gasteiger partial charge in [-0.2, -0.15) is 0 Å². The van der Waals surface area contributed by atoms with Crippen LogP contribution < -0.4 is 19.5 Å². The van der Waals surface area contributed by atoms with Crippen molar-refractivity contribution in [1.29, 1.82) is 0 Å². The van der Waals surface area contributed by atoms with E-state index in [2.05, 4.69) is 16.4 Å². The molecule has 0 spiro atoms. The number of hydrogen-bond donors (Lipinski definition) is 1. The number of methoxy groups -OCH3 is 1. The third kappa shape index (κ3) is 3.45. The fourth-order valence-electron chi connectivity index (χ4n) is 2.73. The predicted octanol–water partition coefficient (Wildman–Crippen LogP) is 3.84. The summed E-state index contributed by atoms with van der Waals surface area (Å²) < 4.78 is 16.2. The van der Waals surface area contributed by atoms with Gasteiger partial charge in [-0.3, -0.25) is 0 Å². The number of benzene rings is 2. The molecule has 0 aliphatic carbocycles. The van der Waals surface area contributed by atoms with E-state index in [0.717, 1.165) is 44.8 Å². The Morgan fingerprint density at radius 2 is 2.00 bits per heavy atom. The number of hydrogen-bond acceptors (Lipinski definition) is 6. The first-order chi connectivity index (χ1) is 12.3. The third-order valence-corrected chi connectivity index (χ3v) is 5.00. The SMILES string of the molecule is COc1ccccc1-c1cnc(CNCc2ccc3c(c2)OCO3)s1. The van der Waals surface area contributed by atoms with Crippen LogP contribution in [0.5, 0.6) is 17.2 Å². The van der Waals surface area contributed by atoms with Crippen molar-refractivity contribution < 1.29 is 14.2 Å². The first-order valence-electron chi connectivity index (χ1n) is 8.01. The van der Waals surface area contributed by atoms with Crippen molar-refractivity contribution in [2.45, 2.75) is 13.1 Å². The van der Waals surface area contributed by atoms with E-state index in [9.17, 15) is 0 Å². The van der Waals surface area contributed by atoms with Gasteiger partial charge in [0, 0.05) is 24.8 Å². The normalized spacial score (nSPS) is 12.4. The molecule has 0 fully saturated rings. The number of nitrogens with one attached hydrogen (secondary N) is 1. The number of ether oxygens (including phenoxy) is 3. The number of thiazole rings is 1. The highest BCUT2D eigenvalue weighted by Crippen LogP contribution is 2.34. The van der Waals surface area contributed by atoms with Crippen molar-refractivity contribution in [2.24, 2.45) is 0 Å². The van der Waals surface area contributed by atoms with Crippen molar-refractivity contribution in [3.8, 4) is 27.7 Å². The molecule has 3 aromatic rings. The van der Waals surface area contributed by atoms with Crippen LogP contribution in [0.1, 0.15) is 10.6 Å². The van der Waals surface area contributed by atoms with E-state index in [1.165, 1.54) is 0 Å². The minimum absolute atomic E-state index is 0.303. The molecule has 0 saturated carbocycles. The molecule has 2 aromatic carbocycles. The van der Waals surface area contributed by atoms with E-state index in [-0.39, 0.29) is 0 Å². The lowest BCUT2D eigenvalue weighted by Gasteiger charge is -2.05. The van der Waals surface area contributed by atoms with Crippen molar-refractivity contribution in [1.82, 2.24) is 10.3 Å². The standard InChI is InChI=1S/C19H18N2O3S/c1-22-15-5-3-2-4-14(15)18-10-21-19(25-18)11-20-9-13-6-7-16-17(8-13)24-12-23-16/h2-8,10,20H,9,11-12H2,1H3. The predicted molar refractivity (Wildman–Crippen MR) is 97.2 cm³/mol. The molecule has 0 atom stereocenters. The van der Waals surface area contributed by atoms with Crippen LogP contribution in [0.15, 0.2) is 48.7 Å². The highest BCUT2D eigenvalue weighted by molar-refractivity contribution is 7.15. The summed E-state index contributed by atoms with van der Waals surface area (Å²) in [5.41, 5.74) is 2.23. The van der Waals surface area contributed by atoms with Crippen molar-refractivity contribution >= 4 is 11.3 Å². The van der Waals surface area contributed by atoms with Crippen molar-refractivity contribution in [3.63, 3.8) is 0 Å². The summed E-state index contributed by atoms with van der Waals surface area (Å²) >= 11 is 1.67. The molecule has 1 aromatic heterocycles. The van der Waals surface area contributed by atoms with Crippen LogP contribution in [0.2, 0.25) is 0 Å². The van der Waals surface area contributed by atoms with Gasteiger partial charge in [0.25, 0.3) is 0 Å². The van der Waals surface area contributed by atoms with E-state index >= 15 is 0 Å². The molecular weight excluding hydrogens is 336 g/mol. The van der Waals surface area contributed by atoms with Crippen molar-refractivity contribution in [3.05, 3.63) is 59.2 Å². The largest absolute Gasteiger partial charge is 0.496 e. The molecule has 128 valence electrons. The number of nitrogens with zero attached hydrogens (tertiary/aromatic N) is 1. The maximum Gasteiger partial charge on any atom is 0.231 e. The Morgan fingerprint density at radius 3 is 2.92 bits per heavy atom. The van der Waals surface area contributed by atoms with Crippen LogP contribution in [-0.4, -0.2) is 18.9 Å². The molecule has 6 heteroatoms. The highest BCUT2D eigenvalue weighted by Gasteiger charge is 2.13. The molecule has 1 aliphatic rings. The Bertz CT molecular complexity index is 879. The van der Waals surface area contributed by atoms with Crippen LogP contribution in [0.4, 0.5) is 0 Å². The van der Waals surface area contributed by atoms with Gasteiger partial charge in [-0.15, -0.1) is 11.3 Å². The van der Waals surface area contributed by atoms with Gasteiger partial charge in [-0.05, 0) is 29.8 Å². The van der Waals surface area contributed by atoms with E-state index in [1.807, 2.05) is 42.6 Å². The molecule has 5 nitrogen and oxygen atoms in total. The van der Waals surface area contributed by atoms with Crippen LogP contribution in [0.3, 0.4) is 0 Å². The van der Waals surface area contributed by atoms with E-state index < -0.39 is 0 Å². The topological polar surface area (TPSA) is 52.6 Å². The summed E-state index contributed by atoms with van der Waals surface area (Å²) in [5.74, 6) is 2.49. The molecule has 0 bridgehead atoms. The summed E-state index contributed by atoms with van der Waals surface area (Å²) in [4.78, 5) is 5.62. The van der Waals surface area contributed by atoms with Crippen LogP contribution in [-0.2, 0) is 13.1 Å². The maximum atomic E-state index is 5.43. The number of rotatable bonds is 6. The Labute approximate surface area is 150 Å². The van der Waals surface area contributed by atoms with Gasteiger partial charge in [0.2, 0.25) is 6.79 Å². The molecule has 1 aliphatic heterocycles. The molecule has 4 rings (SSSR count). The van der Waals surface area contributed by atoms with Crippen LogP contribution in [0.25, 0.3) is 10.4 Å². The van der Waals surface area contributed by atoms with E-state index in [1.54, 1.807) is 18.4 Å². The van der Waals surface area contributed by atoms with Gasteiger partial charge >= 0.3 is 0 Å². The third-order valence-electron chi connectivity index (χ3n) is 3.97. The fraction of sp³-hybridized carbons (Fsp3) is 0.211. The maximum absolute atomic E-state index is 5.43. The van der Waals surface area contributed by atoms with Crippen molar-refractivity contribution in [2.75, 3.05) is 13.9 Å².